The molecule has 2 saturated heterocycles. The van der Waals surface area contributed by atoms with Crippen LogP contribution >= 0.6 is 0 Å². The van der Waals surface area contributed by atoms with E-state index in [1.165, 1.54) is 11.1 Å². The van der Waals surface area contributed by atoms with Crippen LogP contribution in [0.3, 0.4) is 0 Å². The second kappa shape index (κ2) is 18.0. The molecule has 9 rings (SSSR count). The van der Waals surface area contributed by atoms with Crippen molar-refractivity contribution in [1.29, 1.82) is 0 Å². The Labute approximate surface area is 353 Å². The molecule has 2 aliphatic heterocycles. The lowest BCUT2D eigenvalue weighted by atomic mass is 10.1. The predicted octanol–water partition coefficient (Wildman–Crippen LogP) is 13.1. The van der Waals surface area contributed by atoms with Gasteiger partial charge in [-0.05, 0) is 133 Å². The summed E-state index contributed by atoms with van der Waals surface area (Å²) >= 11 is 0. The average molecular weight is 789 g/mol. The summed E-state index contributed by atoms with van der Waals surface area (Å²) in [6, 6.07) is 59.8. The molecule has 0 amide bonds. The molecule has 2 aliphatic rings. The van der Waals surface area contributed by atoms with Crippen LogP contribution in [-0.4, -0.2) is 38.6 Å². The normalized spacial score (nSPS) is 15.6. The zero-order valence-corrected chi connectivity index (χ0v) is 34.0. The van der Waals surface area contributed by atoms with Gasteiger partial charge in [0.2, 0.25) is 0 Å². The maximum atomic E-state index is 5.90. The summed E-state index contributed by atoms with van der Waals surface area (Å²) in [7, 11) is 0. The molecule has 0 saturated carbocycles. The Bertz CT molecular complexity index is 2340. The van der Waals surface area contributed by atoms with Crippen molar-refractivity contribution >= 4 is 58.4 Å². The summed E-state index contributed by atoms with van der Waals surface area (Å²) in [6.45, 7) is 6.98. The number of anilines is 6. The topological polar surface area (TPSA) is 50.0 Å². The molecule has 0 N–H and O–H groups in total. The summed E-state index contributed by atoms with van der Waals surface area (Å²) in [6.07, 6.45) is 9.10. The minimum absolute atomic E-state index is 0.228. The third-order valence-corrected chi connectivity index (χ3v) is 10.6. The van der Waals surface area contributed by atoms with Crippen LogP contribution in [0.25, 0.3) is 24.3 Å². The number of ether oxygens (including phenoxy) is 4. The van der Waals surface area contributed by atoms with Crippen LogP contribution in [0.15, 0.2) is 170 Å². The van der Waals surface area contributed by atoms with Crippen molar-refractivity contribution in [1.82, 2.24) is 0 Å². The van der Waals surface area contributed by atoms with E-state index in [2.05, 4.69) is 194 Å². The van der Waals surface area contributed by atoms with Crippen molar-refractivity contribution in [2.75, 3.05) is 36.2 Å². The number of aryl methyl sites for hydroxylation is 2. The van der Waals surface area contributed by atoms with Gasteiger partial charge in [-0.3, -0.25) is 0 Å². The van der Waals surface area contributed by atoms with Crippen molar-refractivity contribution < 1.29 is 18.9 Å². The van der Waals surface area contributed by atoms with Crippen LogP contribution < -0.4 is 19.3 Å². The molecule has 0 aromatic heterocycles. The fraction of sp³-hybridized carbons (Fsp3) is 0.148. The SMILES string of the molecule is Cc1ccc(N(c2ccc(/C=C/c3ccc(/C=C/c4ccc(N(c5ccc(C)cc5)c5ccc(OCC6CO6)cc5)cc4)cc3)cc2)c2ccc(OCC3CO3)cc2)cc1. The molecule has 2 heterocycles. The molecule has 6 heteroatoms. The molecule has 2 atom stereocenters. The molecule has 7 aromatic carbocycles. The van der Waals surface area contributed by atoms with Gasteiger partial charge in [0, 0.05) is 34.1 Å². The summed E-state index contributed by atoms with van der Waals surface area (Å²) in [5, 5.41) is 0. The average Bonchev–Trinajstić information content (AvgIpc) is 4.24. The molecule has 2 unspecified atom stereocenters. The van der Waals surface area contributed by atoms with Crippen LogP contribution in [0.4, 0.5) is 34.1 Å². The van der Waals surface area contributed by atoms with Gasteiger partial charge in [-0.25, -0.2) is 0 Å². The largest absolute Gasteiger partial charge is 0.491 e. The van der Waals surface area contributed by atoms with E-state index in [0.29, 0.717) is 13.2 Å². The summed E-state index contributed by atoms with van der Waals surface area (Å²) in [4.78, 5) is 4.54. The maximum Gasteiger partial charge on any atom is 0.119 e. The molecule has 2 fully saturated rings. The molecule has 0 bridgehead atoms. The molecule has 7 aromatic rings. The van der Waals surface area contributed by atoms with Gasteiger partial charge in [0.1, 0.15) is 36.9 Å². The van der Waals surface area contributed by atoms with E-state index in [0.717, 1.165) is 81.1 Å². The number of epoxide rings is 2. The zero-order chi connectivity index (χ0) is 40.7. The third-order valence-electron chi connectivity index (χ3n) is 10.6. The second-order valence-corrected chi connectivity index (χ2v) is 15.4. The minimum Gasteiger partial charge on any atom is -0.491 e. The maximum absolute atomic E-state index is 5.90. The highest BCUT2D eigenvalue weighted by Gasteiger charge is 2.24. The Balaban J connectivity index is 0.845. The number of hydrogen-bond donors (Lipinski definition) is 0. The summed E-state index contributed by atoms with van der Waals surface area (Å²) in [5.41, 5.74) is 13.5. The van der Waals surface area contributed by atoms with E-state index in [4.69, 9.17) is 18.9 Å². The first kappa shape index (κ1) is 38.6. The fourth-order valence-corrected chi connectivity index (χ4v) is 6.94. The predicted molar refractivity (Wildman–Crippen MR) is 246 cm³/mol. The summed E-state index contributed by atoms with van der Waals surface area (Å²) < 4.78 is 22.4. The number of hydrogen-bond acceptors (Lipinski definition) is 6. The first-order valence-corrected chi connectivity index (χ1v) is 20.6. The van der Waals surface area contributed by atoms with E-state index in [1.807, 2.05) is 24.3 Å². The van der Waals surface area contributed by atoms with Crippen molar-refractivity contribution in [2.24, 2.45) is 0 Å². The van der Waals surface area contributed by atoms with Gasteiger partial charge in [-0.15, -0.1) is 0 Å². The van der Waals surface area contributed by atoms with Crippen molar-refractivity contribution in [3.8, 4) is 11.5 Å². The molecule has 6 nitrogen and oxygen atoms in total. The molecule has 60 heavy (non-hydrogen) atoms. The Kier molecular flexibility index (Phi) is 11.6. The zero-order valence-electron chi connectivity index (χ0n) is 34.0. The number of benzene rings is 7. The highest BCUT2D eigenvalue weighted by Crippen LogP contribution is 2.37. The van der Waals surface area contributed by atoms with Crippen LogP contribution in [-0.2, 0) is 9.47 Å². The number of nitrogens with zero attached hydrogens (tertiary/aromatic N) is 2. The van der Waals surface area contributed by atoms with E-state index in [-0.39, 0.29) is 12.2 Å². The summed E-state index contributed by atoms with van der Waals surface area (Å²) in [5.74, 6) is 1.69. The van der Waals surface area contributed by atoms with Gasteiger partial charge in [0.05, 0.1) is 13.2 Å². The third kappa shape index (κ3) is 10.0. The molecule has 0 aliphatic carbocycles. The Morgan fingerprint density at radius 1 is 0.383 bits per heavy atom. The molecule has 298 valence electrons. The lowest BCUT2D eigenvalue weighted by Gasteiger charge is -2.26. The van der Waals surface area contributed by atoms with E-state index in [9.17, 15) is 0 Å². The van der Waals surface area contributed by atoms with Crippen LogP contribution in [0.2, 0.25) is 0 Å². The van der Waals surface area contributed by atoms with Crippen LogP contribution in [0.1, 0.15) is 33.4 Å². The van der Waals surface area contributed by atoms with Crippen LogP contribution in [0.5, 0.6) is 11.5 Å². The van der Waals surface area contributed by atoms with Gasteiger partial charge in [0.25, 0.3) is 0 Å². The highest BCUT2D eigenvalue weighted by molar-refractivity contribution is 5.80. The van der Waals surface area contributed by atoms with Gasteiger partial charge < -0.3 is 28.7 Å². The Hall–Kier alpha value is -6.86. The highest BCUT2D eigenvalue weighted by atomic mass is 16.6. The molecule has 0 radical (unpaired) electrons. The van der Waals surface area contributed by atoms with Gasteiger partial charge in [-0.2, -0.15) is 0 Å². The number of rotatable bonds is 16. The van der Waals surface area contributed by atoms with Gasteiger partial charge in [0.15, 0.2) is 0 Å². The monoisotopic (exact) mass is 788 g/mol. The van der Waals surface area contributed by atoms with Crippen molar-refractivity contribution in [3.63, 3.8) is 0 Å². The minimum atomic E-state index is 0.228. The first-order chi connectivity index (χ1) is 29.5. The smallest absolute Gasteiger partial charge is 0.119 e. The molecular formula is C54H48N2O4. The second-order valence-electron chi connectivity index (χ2n) is 15.4. The van der Waals surface area contributed by atoms with Gasteiger partial charge >= 0.3 is 0 Å². The van der Waals surface area contributed by atoms with Crippen LogP contribution in [0, 0.1) is 13.8 Å². The standard InChI is InChI=1S/C54H48N2O4/c1-39-3-19-45(20-4-39)55(49-27-31-51(32-28-49)57-35-53-37-59-53)47-23-15-43(16-24-47)13-11-41-7-9-42(10-8-41)12-14-44-17-25-48(26-18-44)56(46-21-5-40(2)6-22-46)50-29-33-52(34-30-50)58-36-54-38-60-54/h3-34,53-54H,35-38H2,1-2H3/b13-11+,14-12+. The van der Waals surface area contributed by atoms with Crippen molar-refractivity contribution in [3.05, 3.63) is 203 Å². The lowest BCUT2D eigenvalue weighted by Crippen LogP contribution is -2.10. The van der Waals surface area contributed by atoms with Gasteiger partial charge in [-0.1, -0.05) is 108 Å². The fourth-order valence-electron chi connectivity index (χ4n) is 6.94. The van der Waals surface area contributed by atoms with Crippen molar-refractivity contribution in [2.45, 2.75) is 26.1 Å². The molecular weight excluding hydrogens is 741 g/mol. The van der Waals surface area contributed by atoms with E-state index < -0.39 is 0 Å². The Morgan fingerprint density at radius 3 is 0.883 bits per heavy atom. The van der Waals surface area contributed by atoms with E-state index in [1.54, 1.807) is 0 Å². The molecule has 0 spiro atoms. The Morgan fingerprint density at radius 2 is 0.617 bits per heavy atom. The lowest BCUT2D eigenvalue weighted by molar-refractivity contribution is 0.263. The van der Waals surface area contributed by atoms with E-state index >= 15 is 0 Å². The first-order valence-electron chi connectivity index (χ1n) is 20.6. The quantitative estimate of drug-likeness (QED) is 0.0718.